The van der Waals surface area contributed by atoms with Gasteiger partial charge in [-0.1, -0.05) is 18.2 Å². The lowest BCUT2D eigenvalue weighted by molar-refractivity contribution is 0.249. The maximum atomic E-state index is 12.2. The molecule has 0 bridgehead atoms. The fraction of sp³-hybridized carbons (Fsp3) is 0.150. The van der Waals surface area contributed by atoms with Crippen LogP contribution >= 0.6 is 0 Å². The summed E-state index contributed by atoms with van der Waals surface area (Å²) in [5, 5.41) is 5.70. The van der Waals surface area contributed by atoms with Crippen LogP contribution in [0.5, 0.6) is 5.75 Å². The van der Waals surface area contributed by atoms with E-state index in [1.807, 2.05) is 49.4 Å². The van der Waals surface area contributed by atoms with E-state index >= 15 is 0 Å². The summed E-state index contributed by atoms with van der Waals surface area (Å²) in [4.78, 5) is 20.3. The minimum Gasteiger partial charge on any atom is -0.489 e. The molecule has 0 saturated carbocycles. The van der Waals surface area contributed by atoms with E-state index in [1.165, 1.54) is 0 Å². The highest BCUT2D eigenvalue weighted by atomic mass is 16.5. The molecule has 6 nitrogen and oxygen atoms in total. The third kappa shape index (κ3) is 5.04. The van der Waals surface area contributed by atoms with E-state index in [1.54, 1.807) is 30.9 Å². The quantitative estimate of drug-likeness (QED) is 0.707. The molecule has 2 amide bonds. The first kappa shape index (κ1) is 17.4. The van der Waals surface area contributed by atoms with Crippen LogP contribution in [0.15, 0.2) is 73.3 Å². The average Bonchev–Trinajstić information content (AvgIpc) is 2.68. The van der Waals surface area contributed by atoms with E-state index in [4.69, 9.17) is 4.74 Å². The first-order chi connectivity index (χ1) is 12.7. The highest BCUT2D eigenvalue weighted by molar-refractivity contribution is 5.89. The van der Waals surface area contributed by atoms with E-state index in [0.29, 0.717) is 18.0 Å². The fourth-order valence-corrected chi connectivity index (χ4v) is 2.39. The van der Waals surface area contributed by atoms with Gasteiger partial charge in [-0.2, -0.15) is 0 Å². The number of hydrogen-bond acceptors (Lipinski definition) is 4. The van der Waals surface area contributed by atoms with Gasteiger partial charge in [-0.15, -0.1) is 0 Å². The Hall–Kier alpha value is -3.41. The van der Waals surface area contributed by atoms with Crippen LogP contribution in [0, 0.1) is 0 Å². The summed E-state index contributed by atoms with van der Waals surface area (Å²) in [5.74, 6) is 0.673. The Labute approximate surface area is 152 Å². The van der Waals surface area contributed by atoms with Gasteiger partial charge in [0.25, 0.3) is 0 Å². The van der Waals surface area contributed by atoms with Crippen molar-refractivity contribution in [2.24, 2.45) is 0 Å². The van der Waals surface area contributed by atoms with Gasteiger partial charge in [-0.05, 0) is 36.8 Å². The normalized spacial score (nSPS) is 11.4. The zero-order valence-electron chi connectivity index (χ0n) is 14.4. The number of nitrogens with zero attached hydrogens (tertiary/aromatic N) is 2. The molecule has 2 aromatic heterocycles. The van der Waals surface area contributed by atoms with E-state index < -0.39 is 0 Å². The molecule has 3 aromatic rings. The monoisotopic (exact) mass is 348 g/mol. The predicted molar refractivity (Wildman–Crippen MR) is 99.8 cm³/mol. The molecule has 0 saturated heterocycles. The second-order valence-corrected chi connectivity index (χ2v) is 5.78. The number of hydrogen-bond donors (Lipinski definition) is 2. The maximum Gasteiger partial charge on any atom is 0.319 e. The van der Waals surface area contributed by atoms with Crippen molar-refractivity contribution in [2.75, 3.05) is 5.32 Å². The van der Waals surface area contributed by atoms with Crippen molar-refractivity contribution in [1.29, 1.82) is 0 Å². The molecule has 0 radical (unpaired) electrons. The molecule has 6 heteroatoms. The van der Waals surface area contributed by atoms with Gasteiger partial charge in [-0.25, -0.2) is 4.79 Å². The molecule has 1 atom stereocenters. The molecule has 0 aliphatic rings. The lowest BCUT2D eigenvalue weighted by atomic mass is 10.1. The average molecular weight is 348 g/mol. The molecule has 0 fully saturated rings. The van der Waals surface area contributed by atoms with Crippen LogP contribution in [0.3, 0.4) is 0 Å². The summed E-state index contributed by atoms with van der Waals surface area (Å²) >= 11 is 0. The SMILES string of the molecule is CC(NC(=O)Nc1cccc(OCc2cccnc2)c1)c1cccnc1. The summed E-state index contributed by atoms with van der Waals surface area (Å²) in [6, 6.07) is 14.4. The molecular formula is C20H20N4O2. The molecule has 1 aromatic carbocycles. The largest absolute Gasteiger partial charge is 0.489 e. The van der Waals surface area contributed by atoms with Crippen LogP contribution in [0.1, 0.15) is 24.1 Å². The number of aromatic nitrogens is 2. The van der Waals surface area contributed by atoms with Gasteiger partial charge in [0, 0.05) is 42.1 Å². The number of nitrogens with one attached hydrogen (secondary N) is 2. The van der Waals surface area contributed by atoms with Gasteiger partial charge in [-0.3, -0.25) is 9.97 Å². The number of carbonyl (C=O) groups is 1. The summed E-state index contributed by atoms with van der Waals surface area (Å²) in [7, 11) is 0. The Balaban J connectivity index is 1.55. The van der Waals surface area contributed by atoms with Crippen LogP contribution in [-0.2, 0) is 6.61 Å². The molecule has 1 unspecified atom stereocenters. The van der Waals surface area contributed by atoms with Crippen molar-refractivity contribution in [2.45, 2.75) is 19.6 Å². The first-order valence-electron chi connectivity index (χ1n) is 8.30. The Bertz CT molecular complexity index is 841. The minimum atomic E-state index is -0.286. The first-order valence-corrected chi connectivity index (χ1v) is 8.30. The molecule has 3 rings (SSSR count). The van der Waals surface area contributed by atoms with Crippen LogP contribution in [-0.4, -0.2) is 16.0 Å². The molecule has 2 heterocycles. The van der Waals surface area contributed by atoms with Crippen molar-refractivity contribution >= 4 is 11.7 Å². The zero-order chi connectivity index (χ0) is 18.2. The molecule has 132 valence electrons. The van der Waals surface area contributed by atoms with Crippen LogP contribution < -0.4 is 15.4 Å². The van der Waals surface area contributed by atoms with Crippen LogP contribution in [0.2, 0.25) is 0 Å². The molecule has 2 N–H and O–H groups in total. The second-order valence-electron chi connectivity index (χ2n) is 5.78. The molecule has 0 aliphatic carbocycles. The standard InChI is InChI=1S/C20H20N4O2/c1-15(17-6-4-10-22-13-17)23-20(25)24-18-7-2-8-19(11-18)26-14-16-5-3-9-21-12-16/h2-13,15H,14H2,1H3,(H2,23,24,25). The molecular weight excluding hydrogens is 328 g/mol. The summed E-state index contributed by atoms with van der Waals surface area (Å²) in [6.07, 6.45) is 6.92. The van der Waals surface area contributed by atoms with Gasteiger partial charge in [0.15, 0.2) is 0 Å². The topological polar surface area (TPSA) is 76.1 Å². The highest BCUT2D eigenvalue weighted by Crippen LogP contribution is 2.19. The molecule has 0 aliphatic heterocycles. The zero-order valence-corrected chi connectivity index (χ0v) is 14.4. The second kappa shape index (κ2) is 8.62. The van der Waals surface area contributed by atoms with Gasteiger partial charge < -0.3 is 15.4 Å². The van der Waals surface area contributed by atoms with Gasteiger partial charge in [0.05, 0.1) is 6.04 Å². The predicted octanol–water partition coefficient (Wildman–Crippen LogP) is 3.94. The van der Waals surface area contributed by atoms with Gasteiger partial charge in [0.1, 0.15) is 12.4 Å². The van der Waals surface area contributed by atoms with Crippen molar-refractivity contribution in [3.8, 4) is 5.75 Å². The number of benzene rings is 1. The van der Waals surface area contributed by atoms with Crippen molar-refractivity contribution in [3.63, 3.8) is 0 Å². The Kier molecular flexibility index (Phi) is 5.77. The number of rotatable bonds is 6. The smallest absolute Gasteiger partial charge is 0.319 e. The molecule has 26 heavy (non-hydrogen) atoms. The third-order valence-corrected chi connectivity index (χ3v) is 3.75. The van der Waals surface area contributed by atoms with Crippen molar-refractivity contribution in [3.05, 3.63) is 84.4 Å². The van der Waals surface area contributed by atoms with E-state index in [-0.39, 0.29) is 12.1 Å². The van der Waals surface area contributed by atoms with E-state index in [2.05, 4.69) is 20.6 Å². The summed E-state index contributed by atoms with van der Waals surface area (Å²) < 4.78 is 5.74. The molecule has 0 spiro atoms. The number of ether oxygens (including phenoxy) is 1. The van der Waals surface area contributed by atoms with Crippen LogP contribution in [0.25, 0.3) is 0 Å². The number of anilines is 1. The fourth-order valence-electron chi connectivity index (χ4n) is 2.39. The number of urea groups is 1. The number of amides is 2. The summed E-state index contributed by atoms with van der Waals surface area (Å²) in [5.41, 5.74) is 2.58. The third-order valence-electron chi connectivity index (χ3n) is 3.75. The van der Waals surface area contributed by atoms with Crippen molar-refractivity contribution < 1.29 is 9.53 Å². The summed E-state index contributed by atoms with van der Waals surface area (Å²) in [6.45, 7) is 2.32. The lowest BCUT2D eigenvalue weighted by Gasteiger charge is -2.15. The lowest BCUT2D eigenvalue weighted by Crippen LogP contribution is -2.31. The number of carbonyl (C=O) groups excluding carboxylic acids is 1. The maximum absolute atomic E-state index is 12.2. The Morgan fingerprint density at radius 1 is 1.08 bits per heavy atom. The number of pyridine rings is 2. The Morgan fingerprint density at radius 3 is 2.62 bits per heavy atom. The van der Waals surface area contributed by atoms with Crippen molar-refractivity contribution in [1.82, 2.24) is 15.3 Å². The minimum absolute atomic E-state index is 0.145. The van der Waals surface area contributed by atoms with Gasteiger partial charge >= 0.3 is 6.03 Å². The van der Waals surface area contributed by atoms with Gasteiger partial charge in [0.2, 0.25) is 0 Å². The van der Waals surface area contributed by atoms with Crippen LogP contribution in [0.4, 0.5) is 10.5 Å². The van der Waals surface area contributed by atoms with E-state index in [9.17, 15) is 4.79 Å². The van der Waals surface area contributed by atoms with E-state index in [0.717, 1.165) is 11.1 Å². The Morgan fingerprint density at radius 2 is 1.88 bits per heavy atom. The highest BCUT2D eigenvalue weighted by Gasteiger charge is 2.10.